The van der Waals surface area contributed by atoms with Crippen LogP contribution in [0, 0.1) is 28.6 Å². The average molecular weight is 314 g/mol. The Balaban J connectivity index is 1.60. The van der Waals surface area contributed by atoms with Crippen molar-refractivity contribution in [2.24, 2.45) is 28.6 Å². The van der Waals surface area contributed by atoms with Crippen LogP contribution in [-0.2, 0) is 9.53 Å². The van der Waals surface area contributed by atoms with Gasteiger partial charge in [0.05, 0.1) is 0 Å². The lowest BCUT2D eigenvalue weighted by Crippen LogP contribution is -2.50. The first-order valence-electron chi connectivity index (χ1n) is 9.58. The largest absolute Gasteiger partial charge is 0.465 e. The van der Waals surface area contributed by atoms with Crippen molar-refractivity contribution in [3.8, 4) is 0 Å². The maximum Gasteiger partial charge on any atom is 0.302 e. The molecule has 1 unspecified atom stereocenters. The first kappa shape index (κ1) is 15.5. The molecule has 0 saturated heterocycles. The van der Waals surface area contributed by atoms with Crippen molar-refractivity contribution in [3.63, 3.8) is 0 Å². The highest BCUT2D eigenvalue weighted by atomic mass is 16.5. The molecular weight excluding hydrogens is 284 g/mol. The van der Waals surface area contributed by atoms with Crippen LogP contribution in [0.2, 0.25) is 0 Å². The van der Waals surface area contributed by atoms with Gasteiger partial charge in [-0.15, -0.1) is 0 Å². The highest BCUT2D eigenvalue weighted by Gasteiger charge is 2.55. The van der Waals surface area contributed by atoms with Gasteiger partial charge in [-0.25, -0.2) is 0 Å². The van der Waals surface area contributed by atoms with Crippen LogP contribution in [-0.4, -0.2) is 12.6 Å². The molecule has 0 aromatic rings. The molecule has 2 heteroatoms. The zero-order chi connectivity index (χ0) is 16.1. The summed E-state index contributed by atoms with van der Waals surface area (Å²) < 4.78 is 5.47. The van der Waals surface area contributed by atoms with Crippen molar-refractivity contribution in [3.05, 3.63) is 23.8 Å². The van der Waals surface area contributed by atoms with Crippen molar-refractivity contribution in [2.45, 2.75) is 65.2 Å². The van der Waals surface area contributed by atoms with Crippen LogP contribution < -0.4 is 0 Å². The van der Waals surface area contributed by atoms with Gasteiger partial charge < -0.3 is 4.74 Å². The van der Waals surface area contributed by atoms with Crippen molar-refractivity contribution < 1.29 is 9.53 Å². The van der Waals surface area contributed by atoms with E-state index in [1.165, 1.54) is 51.9 Å². The van der Waals surface area contributed by atoms with Crippen LogP contribution in [0.3, 0.4) is 0 Å². The first-order valence-corrected chi connectivity index (χ1v) is 9.58. The molecule has 126 valence electrons. The van der Waals surface area contributed by atoms with Gasteiger partial charge in [-0.1, -0.05) is 43.6 Å². The Morgan fingerprint density at radius 1 is 1.22 bits per heavy atom. The van der Waals surface area contributed by atoms with E-state index in [4.69, 9.17) is 4.74 Å². The van der Waals surface area contributed by atoms with E-state index in [1.54, 1.807) is 5.57 Å². The maximum absolute atomic E-state index is 11.3. The molecule has 4 aliphatic carbocycles. The number of allylic oxidation sites excluding steroid dienone is 2. The number of rotatable bonds is 2. The number of fused-ring (bicyclic) bond motifs is 5. The predicted octanol–water partition coefficient (Wildman–Crippen LogP) is 5.05. The number of carbonyl (C=O) groups excluding carboxylic acids is 1. The van der Waals surface area contributed by atoms with Crippen molar-refractivity contribution >= 4 is 5.97 Å². The highest BCUT2D eigenvalue weighted by molar-refractivity contribution is 5.66. The van der Waals surface area contributed by atoms with Gasteiger partial charge in [0.1, 0.15) is 6.61 Å². The number of ether oxygens (including phenoxy) is 1. The SMILES string of the molecule is CC(=O)OC[C@@]12C=CC=C1[C@@H]1CCC3CCCC[C@]3(C)[C@H]1CC2. The summed E-state index contributed by atoms with van der Waals surface area (Å²) in [5, 5.41) is 0. The quantitative estimate of drug-likeness (QED) is 0.667. The van der Waals surface area contributed by atoms with E-state index in [0.717, 1.165) is 18.3 Å². The van der Waals surface area contributed by atoms with Gasteiger partial charge in [0.25, 0.3) is 0 Å². The summed E-state index contributed by atoms with van der Waals surface area (Å²) in [4.78, 5) is 11.3. The number of carbonyl (C=O) groups is 1. The summed E-state index contributed by atoms with van der Waals surface area (Å²) in [6.45, 7) is 4.67. The lowest BCUT2D eigenvalue weighted by atomic mass is 9.46. The topological polar surface area (TPSA) is 26.3 Å². The molecule has 0 heterocycles. The Hall–Kier alpha value is -1.05. The number of hydrogen-bond donors (Lipinski definition) is 0. The van der Waals surface area contributed by atoms with E-state index < -0.39 is 0 Å². The number of esters is 1. The summed E-state index contributed by atoms with van der Waals surface area (Å²) >= 11 is 0. The lowest BCUT2D eigenvalue weighted by molar-refractivity contribution is -0.144. The van der Waals surface area contributed by atoms with Gasteiger partial charge in [-0.2, -0.15) is 0 Å². The third-order valence-electron chi connectivity index (χ3n) is 7.71. The monoisotopic (exact) mass is 314 g/mol. The van der Waals surface area contributed by atoms with E-state index >= 15 is 0 Å². The van der Waals surface area contributed by atoms with Gasteiger partial charge in [0, 0.05) is 12.3 Å². The molecule has 5 atom stereocenters. The summed E-state index contributed by atoms with van der Waals surface area (Å²) in [5.41, 5.74) is 2.16. The zero-order valence-electron chi connectivity index (χ0n) is 14.6. The Morgan fingerprint density at radius 3 is 2.91 bits per heavy atom. The molecule has 0 bridgehead atoms. The summed E-state index contributed by atoms with van der Waals surface area (Å²) in [7, 11) is 0. The third kappa shape index (κ3) is 2.32. The van der Waals surface area contributed by atoms with Gasteiger partial charge in [0.2, 0.25) is 0 Å². The standard InChI is InChI=1S/C21H30O2/c1-15(22)23-14-21-12-5-7-19(21)17-9-8-16-6-3-4-11-20(16,2)18(17)10-13-21/h5,7,12,16-18H,3-4,6,8-11,13-14H2,1-2H3/t16?,17-,18+,20+,21+/m1/s1. The van der Waals surface area contributed by atoms with Crippen molar-refractivity contribution in [1.29, 1.82) is 0 Å². The normalized spacial score (nSPS) is 44.8. The molecule has 4 rings (SSSR count). The molecule has 0 amide bonds. The molecule has 0 radical (unpaired) electrons. The second-order valence-electron chi connectivity index (χ2n) is 8.70. The minimum atomic E-state index is -0.149. The second kappa shape index (κ2) is 5.50. The van der Waals surface area contributed by atoms with Gasteiger partial charge in [0.15, 0.2) is 0 Å². The minimum Gasteiger partial charge on any atom is -0.465 e. The highest BCUT2D eigenvalue weighted by Crippen LogP contribution is 2.63. The summed E-state index contributed by atoms with van der Waals surface area (Å²) in [5.74, 6) is 2.37. The number of hydrogen-bond acceptors (Lipinski definition) is 2. The third-order valence-corrected chi connectivity index (χ3v) is 7.71. The molecule has 23 heavy (non-hydrogen) atoms. The molecule has 2 nitrogen and oxygen atoms in total. The van der Waals surface area contributed by atoms with Gasteiger partial charge >= 0.3 is 5.97 Å². The Kier molecular flexibility index (Phi) is 3.70. The molecule has 0 spiro atoms. The van der Waals surface area contributed by atoms with Crippen LogP contribution in [0.25, 0.3) is 0 Å². The molecule has 0 aromatic heterocycles. The Bertz CT molecular complexity index is 560. The Labute approximate surface area is 140 Å². The molecule has 0 aliphatic heterocycles. The van der Waals surface area contributed by atoms with Crippen LogP contribution >= 0.6 is 0 Å². The Morgan fingerprint density at radius 2 is 2.09 bits per heavy atom. The van der Waals surface area contributed by atoms with E-state index in [0.29, 0.717) is 17.9 Å². The minimum absolute atomic E-state index is 0.0186. The summed E-state index contributed by atoms with van der Waals surface area (Å²) in [6.07, 6.45) is 17.8. The van der Waals surface area contributed by atoms with Crippen molar-refractivity contribution in [1.82, 2.24) is 0 Å². The zero-order valence-corrected chi connectivity index (χ0v) is 14.6. The molecule has 0 N–H and O–H groups in total. The predicted molar refractivity (Wildman–Crippen MR) is 91.8 cm³/mol. The molecule has 0 aromatic carbocycles. The van der Waals surface area contributed by atoms with Gasteiger partial charge in [-0.05, 0) is 61.7 Å². The molecular formula is C21H30O2. The smallest absolute Gasteiger partial charge is 0.302 e. The maximum atomic E-state index is 11.3. The van der Waals surface area contributed by atoms with E-state index in [1.807, 2.05) is 0 Å². The van der Waals surface area contributed by atoms with Crippen LogP contribution in [0.5, 0.6) is 0 Å². The average Bonchev–Trinajstić information content (AvgIpc) is 2.97. The fourth-order valence-electron chi connectivity index (χ4n) is 6.50. The molecule has 4 aliphatic rings. The second-order valence-corrected chi connectivity index (χ2v) is 8.70. The van der Waals surface area contributed by atoms with E-state index in [9.17, 15) is 4.79 Å². The van der Waals surface area contributed by atoms with E-state index in [2.05, 4.69) is 25.2 Å². The van der Waals surface area contributed by atoms with Gasteiger partial charge in [-0.3, -0.25) is 4.79 Å². The van der Waals surface area contributed by atoms with E-state index in [-0.39, 0.29) is 11.4 Å². The van der Waals surface area contributed by atoms with Crippen molar-refractivity contribution in [2.75, 3.05) is 6.61 Å². The fourth-order valence-corrected chi connectivity index (χ4v) is 6.50. The first-order chi connectivity index (χ1) is 11.1. The molecule has 3 saturated carbocycles. The fraction of sp³-hybridized carbons (Fsp3) is 0.762. The molecule has 3 fully saturated rings. The van der Waals surface area contributed by atoms with Crippen LogP contribution in [0.15, 0.2) is 23.8 Å². The van der Waals surface area contributed by atoms with Crippen LogP contribution in [0.4, 0.5) is 0 Å². The lowest BCUT2D eigenvalue weighted by Gasteiger charge is -2.58. The summed E-state index contributed by atoms with van der Waals surface area (Å²) in [6, 6.07) is 0. The van der Waals surface area contributed by atoms with Crippen LogP contribution in [0.1, 0.15) is 65.2 Å².